The second kappa shape index (κ2) is 6.94. The number of rotatable bonds is 2. The van der Waals surface area contributed by atoms with Crippen LogP contribution in [0.3, 0.4) is 0 Å². The number of para-hydroxylation sites is 1. The molecule has 0 aliphatic carbocycles. The van der Waals surface area contributed by atoms with Crippen molar-refractivity contribution < 1.29 is 31.9 Å². The molecule has 1 aliphatic rings. The van der Waals surface area contributed by atoms with Crippen molar-refractivity contribution in [2.24, 2.45) is 5.73 Å². The van der Waals surface area contributed by atoms with E-state index < -0.39 is 29.3 Å². The minimum atomic E-state index is -4.63. The van der Waals surface area contributed by atoms with Gasteiger partial charge in [-0.25, -0.2) is 9.59 Å². The van der Waals surface area contributed by atoms with Crippen LogP contribution in [-0.2, 0) is 15.7 Å². The van der Waals surface area contributed by atoms with Crippen LogP contribution >= 0.6 is 0 Å². The van der Waals surface area contributed by atoms with Gasteiger partial charge in [-0.2, -0.15) is 13.2 Å². The number of carbonyl (C=O) groups is 1. The summed E-state index contributed by atoms with van der Waals surface area (Å²) in [5, 5.41) is 0.385. The van der Waals surface area contributed by atoms with Gasteiger partial charge in [-0.1, -0.05) is 30.3 Å². The van der Waals surface area contributed by atoms with E-state index in [2.05, 4.69) is 0 Å². The van der Waals surface area contributed by atoms with Gasteiger partial charge in [0.2, 0.25) is 5.88 Å². The molecule has 1 aliphatic heterocycles. The first kappa shape index (κ1) is 19.6. The Morgan fingerprint density at radius 3 is 2.57 bits per heavy atom. The number of ether oxygens (including phenoxy) is 2. The van der Waals surface area contributed by atoms with E-state index in [1.165, 1.54) is 18.2 Å². The lowest BCUT2D eigenvalue weighted by atomic mass is 9.82. The van der Waals surface area contributed by atoms with Crippen molar-refractivity contribution in [2.45, 2.75) is 12.1 Å². The van der Waals surface area contributed by atoms with Crippen molar-refractivity contribution in [3.05, 3.63) is 87.1 Å². The van der Waals surface area contributed by atoms with Gasteiger partial charge in [0, 0.05) is 0 Å². The van der Waals surface area contributed by atoms with Crippen LogP contribution in [0, 0.1) is 0 Å². The molecule has 0 saturated heterocycles. The standard InChI is InChI=1S/C21H14F3NO5/c1-28-19(26)16-14(10-5-4-6-11(9-10)21(22,23)24)15-17(30-18(16)25)12-7-2-3-8-13(12)29-20(15)27/h2-9,14H,25H2,1H3. The minimum Gasteiger partial charge on any atom is -0.465 e. The SMILES string of the molecule is COC(=O)C1=C(N)Oc2c(c(=O)oc3ccccc23)C1c1cccc(C(F)(F)F)c1. The number of nitrogens with two attached hydrogens (primary N) is 1. The lowest BCUT2D eigenvalue weighted by molar-refractivity contribution is -0.137. The molecule has 0 fully saturated rings. The highest BCUT2D eigenvalue weighted by Crippen LogP contribution is 2.44. The number of fused-ring (bicyclic) bond motifs is 3. The number of esters is 1. The Hall–Kier alpha value is -3.75. The first-order valence-corrected chi connectivity index (χ1v) is 8.71. The Balaban J connectivity index is 2.06. The van der Waals surface area contributed by atoms with Gasteiger partial charge in [0.25, 0.3) is 0 Å². The number of benzene rings is 2. The van der Waals surface area contributed by atoms with Crippen LogP contribution in [0.25, 0.3) is 11.0 Å². The van der Waals surface area contributed by atoms with E-state index in [0.29, 0.717) is 5.39 Å². The summed E-state index contributed by atoms with van der Waals surface area (Å²) in [6, 6.07) is 10.7. The Kier molecular flexibility index (Phi) is 4.53. The zero-order valence-electron chi connectivity index (χ0n) is 15.4. The van der Waals surface area contributed by atoms with Gasteiger partial charge in [-0.15, -0.1) is 0 Å². The second-order valence-corrected chi connectivity index (χ2v) is 6.56. The van der Waals surface area contributed by atoms with E-state index in [-0.39, 0.29) is 33.9 Å². The maximum Gasteiger partial charge on any atom is 0.416 e. The number of carbonyl (C=O) groups excluding carboxylic acids is 1. The molecule has 0 bridgehead atoms. The first-order valence-electron chi connectivity index (χ1n) is 8.71. The molecule has 6 nitrogen and oxygen atoms in total. The average Bonchev–Trinajstić information content (AvgIpc) is 2.72. The highest BCUT2D eigenvalue weighted by molar-refractivity contribution is 5.94. The molecule has 0 amide bonds. The van der Waals surface area contributed by atoms with Gasteiger partial charge in [0.1, 0.15) is 11.2 Å². The van der Waals surface area contributed by atoms with Crippen LogP contribution in [0.5, 0.6) is 5.75 Å². The summed E-state index contributed by atoms with van der Waals surface area (Å²) in [4.78, 5) is 25.3. The van der Waals surface area contributed by atoms with E-state index in [4.69, 9.17) is 19.6 Å². The summed E-state index contributed by atoms with van der Waals surface area (Å²) >= 11 is 0. The molecule has 2 heterocycles. The van der Waals surface area contributed by atoms with Crippen molar-refractivity contribution in [3.8, 4) is 5.75 Å². The molecule has 9 heteroatoms. The topological polar surface area (TPSA) is 91.8 Å². The third kappa shape index (κ3) is 3.08. The van der Waals surface area contributed by atoms with Gasteiger partial charge in [-0.3, -0.25) is 0 Å². The fraction of sp³-hybridized carbons (Fsp3) is 0.143. The molecule has 0 radical (unpaired) electrons. The van der Waals surface area contributed by atoms with Gasteiger partial charge < -0.3 is 19.6 Å². The van der Waals surface area contributed by atoms with Gasteiger partial charge in [-0.05, 0) is 23.8 Å². The monoisotopic (exact) mass is 417 g/mol. The van der Waals surface area contributed by atoms with Crippen LogP contribution in [-0.4, -0.2) is 13.1 Å². The average molecular weight is 417 g/mol. The number of methoxy groups -OCH3 is 1. The molecule has 1 atom stereocenters. The molecule has 4 rings (SSSR count). The molecular weight excluding hydrogens is 403 g/mol. The minimum absolute atomic E-state index is 0.0142. The summed E-state index contributed by atoms with van der Waals surface area (Å²) in [7, 11) is 1.09. The number of hydrogen-bond acceptors (Lipinski definition) is 6. The molecule has 2 N–H and O–H groups in total. The first-order chi connectivity index (χ1) is 14.2. The van der Waals surface area contributed by atoms with Crippen molar-refractivity contribution in [1.82, 2.24) is 0 Å². The van der Waals surface area contributed by atoms with Crippen molar-refractivity contribution in [2.75, 3.05) is 7.11 Å². The summed E-state index contributed by atoms with van der Waals surface area (Å²) in [5.74, 6) is -2.56. The molecule has 2 aromatic carbocycles. The van der Waals surface area contributed by atoms with Crippen LogP contribution in [0.2, 0.25) is 0 Å². The Morgan fingerprint density at radius 1 is 1.13 bits per heavy atom. The Labute approximate surface area is 167 Å². The Bertz CT molecular complexity index is 1260. The fourth-order valence-corrected chi connectivity index (χ4v) is 3.50. The molecule has 1 aromatic heterocycles. The quantitative estimate of drug-likeness (QED) is 0.505. The van der Waals surface area contributed by atoms with Crippen molar-refractivity contribution in [1.29, 1.82) is 0 Å². The van der Waals surface area contributed by atoms with Crippen LogP contribution in [0.15, 0.2) is 69.2 Å². The zero-order chi connectivity index (χ0) is 21.6. The maximum absolute atomic E-state index is 13.3. The number of alkyl halides is 3. The largest absolute Gasteiger partial charge is 0.465 e. The van der Waals surface area contributed by atoms with Crippen LogP contribution < -0.4 is 16.1 Å². The third-order valence-electron chi connectivity index (χ3n) is 4.81. The maximum atomic E-state index is 13.3. The molecule has 0 saturated carbocycles. The van der Waals surface area contributed by atoms with Gasteiger partial charge in [0.05, 0.1) is 29.5 Å². The Morgan fingerprint density at radius 2 is 1.87 bits per heavy atom. The summed E-state index contributed by atoms with van der Waals surface area (Å²) in [6.45, 7) is 0. The van der Waals surface area contributed by atoms with Gasteiger partial charge in [0.15, 0.2) is 5.75 Å². The van der Waals surface area contributed by atoms with E-state index in [1.54, 1.807) is 18.2 Å². The highest BCUT2D eigenvalue weighted by Gasteiger charge is 2.40. The summed E-state index contributed by atoms with van der Waals surface area (Å²) in [6.07, 6.45) is -4.63. The molecule has 0 spiro atoms. The van der Waals surface area contributed by atoms with Crippen LogP contribution in [0.4, 0.5) is 13.2 Å². The third-order valence-corrected chi connectivity index (χ3v) is 4.81. The number of hydrogen-bond donors (Lipinski definition) is 1. The zero-order valence-corrected chi connectivity index (χ0v) is 15.4. The fourth-order valence-electron chi connectivity index (χ4n) is 3.50. The summed E-state index contributed by atoms with van der Waals surface area (Å²) in [5.41, 5.74) is 3.96. The van der Waals surface area contributed by atoms with E-state index in [1.807, 2.05) is 0 Å². The predicted octanol–water partition coefficient (Wildman–Crippen LogP) is 3.68. The normalized spacial score (nSPS) is 16.2. The lowest BCUT2D eigenvalue weighted by Gasteiger charge is -2.28. The molecule has 154 valence electrons. The van der Waals surface area contributed by atoms with Gasteiger partial charge >= 0.3 is 17.8 Å². The molecular formula is C21H14F3NO5. The van der Waals surface area contributed by atoms with E-state index in [0.717, 1.165) is 19.2 Å². The number of halogens is 3. The van der Waals surface area contributed by atoms with Crippen molar-refractivity contribution >= 4 is 16.9 Å². The second-order valence-electron chi connectivity index (χ2n) is 6.56. The highest BCUT2D eigenvalue weighted by atomic mass is 19.4. The van der Waals surface area contributed by atoms with E-state index in [9.17, 15) is 22.8 Å². The molecule has 3 aromatic rings. The molecule has 1 unspecified atom stereocenters. The molecule has 30 heavy (non-hydrogen) atoms. The predicted molar refractivity (Wildman–Crippen MR) is 99.6 cm³/mol. The van der Waals surface area contributed by atoms with Crippen molar-refractivity contribution in [3.63, 3.8) is 0 Å². The van der Waals surface area contributed by atoms with Crippen LogP contribution in [0.1, 0.15) is 22.6 Å². The summed E-state index contributed by atoms with van der Waals surface area (Å²) < 4.78 is 55.5. The lowest BCUT2D eigenvalue weighted by Crippen LogP contribution is -2.30. The smallest absolute Gasteiger partial charge is 0.416 e. The van der Waals surface area contributed by atoms with E-state index >= 15 is 0 Å².